The molecule has 0 saturated heterocycles. The number of nitrogens with one attached hydrogen (secondary N) is 1. The average Bonchev–Trinajstić information content (AvgIpc) is 3.39. The fraction of sp³-hybridized carbons (Fsp3) is 0.154. The molecule has 4 aromatic rings. The molecule has 0 saturated carbocycles. The van der Waals surface area contributed by atoms with Crippen molar-refractivity contribution in [1.29, 1.82) is 0 Å². The Kier molecular flexibility index (Phi) is 7.65. The lowest BCUT2D eigenvalue weighted by Crippen LogP contribution is -2.13. The summed E-state index contributed by atoms with van der Waals surface area (Å²) in [5.41, 5.74) is 1.64. The van der Waals surface area contributed by atoms with Gasteiger partial charge in [-0.25, -0.2) is 13.8 Å². The minimum absolute atomic E-state index is 0.0990. The molecule has 7 nitrogen and oxygen atoms in total. The number of benzene rings is 3. The van der Waals surface area contributed by atoms with Crippen LogP contribution in [0.15, 0.2) is 60.0 Å². The van der Waals surface area contributed by atoms with Crippen molar-refractivity contribution in [2.24, 2.45) is 0 Å². The minimum atomic E-state index is -0.688. The third-order valence-electron chi connectivity index (χ3n) is 5.20. The summed E-state index contributed by atoms with van der Waals surface area (Å²) >= 11 is 1.29. The van der Waals surface area contributed by atoms with Crippen molar-refractivity contribution in [2.75, 3.05) is 26.6 Å². The number of halogens is 2. The fourth-order valence-corrected chi connectivity index (χ4v) is 4.11. The molecule has 0 atom stereocenters. The van der Waals surface area contributed by atoms with Crippen LogP contribution in [0, 0.1) is 11.6 Å². The number of thiazole rings is 1. The van der Waals surface area contributed by atoms with Crippen LogP contribution in [0.3, 0.4) is 0 Å². The van der Waals surface area contributed by atoms with Crippen LogP contribution in [-0.4, -0.2) is 32.2 Å². The first kappa shape index (κ1) is 24.9. The van der Waals surface area contributed by atoms with Crippen molar-refractivity contribution in [3.63, 3.8) is 0 Å². The zero-order valence-electron chi connectivity index (χ0n) is 19.6. The van der Waals surface area contributed by atoms with Crippen LogP contribution in [-0.2, 0) is 6.61 Å². The van der Waals surface area contributed by atoms with E-state index in [9.17, 15) is 13.6 Å². The maximum absolute atomic E-state index is 13.9. The highest BCUT2D eigenvalue weighted by molar-refractivity contribution is 7.13. The van der Waals surface area contributed by atoms with E-state index in [0.29, 0.717) is 39.3 Å². The van der Waals surface area contributed by atoms with Gasteiger partial charge in [-0.15, -0.1) is 11.3 Å². The van der Waals surface area contributed by atoms with Gasteiger partial charge >= 0.3 is 0 Å². The van der Waals surface area contributed by atoms with E-state index in [-0.39, 0.29) is 17.9 Å². The molecule has 186 valence electrons. The Bertz CT molecular complexity index is 1390. The molecule has 1 N–H and O–H groups in total. The van der Waals surface area contributed by atoms with Crippen molar-refractivity contribution in [2.45, 2.75) is 6.61 Å². The lowest BCUT2D eigenvalue weighted by atomic mass is 10.2. The summed E-state index contributed by atoms with van der Waals surface area (Å²) in [7, 11) is 4.53. The Morgan fingerprint density at radius 2 is 1.72 bits per heavy atom. The molecule has 1 amide bonds. The summed E-state index contributed by atoms with van der Waals surface area (Å²) in [6.07, 6.45) is 0. The highest BCUT2D eigenvalue weighted by atomic mass is 32.1. The highest BCUT2D eigenvalue weighted by Crippen LogP contribution is 2.35. The van der Waals surface area contributed by atoms with Crippen LogP contribution in [0.1, 0.15) is 16.1 Å². The molecule has 0 aliphatic rings. The second-order valence-electron chi connectivity index (χ2n) is 7.45. The Hall–Kier alpha value is -4.18. The molecule has 4 rings (SSSR count). The normalized spacial score (nSPS) is 10.6. The number of carbonyl (C=O) groups is 1. The van der Waals surface area contributed by atoms with E-state index in [4.69, 9.17) is 18.9 Å². The van der Waals surface area contributed by atoms with E-state index in [2.05, 4.69) is 10.3 Å². The molecule has 0 aliphatic carbocycles. The molecule has 0 aliphatic heterocycles. The number of carbonyl (C=O) groups excluding carboxylic acids is 1. The van der Waals surface area contributed by atoms with E-state index in [1.54, 1.807) is 48.9 Å². The quantitative estimate of drug-likeness (QED) is 0.299. The van der Waals surface area contributed by atoms with Crippen LogP contribution in [0.2, 0.25) is 0 Å². The SMILES string of the molecule is COc1ccc(NC(=O)c2csc(-c3ccc(OCc4ccc(F)cc4F)c(OC)c3)n2)c(OC)c1. The molecule has 1 heterocycles. The van der Waals surface area contributed by atoms with Crippen molar-refractivity contribution in [3.05, 3.63) is 82.9 Å². The second-order valence-corrected chi connectivity index (χ2v) is 8.31. The molecule has 36 heavy (non-hydrogen) atoms. The van der Waals surface area contributed by atoms with E-state index in [1.807, 2.05) is 0 Å². The first-order valence-corrected chi connectivity index (χ1v) is 11.5. The van der Waals surface area contributed by atoms with Gasteiger partial charge in [-0.3, -0.25) is 4.79 Å². The first-order valence-electron chi connectivity index (χ1n) is 10.7. The fourth-order valence-electron chi connectivity index (χ4n) is 3.31. The number of anilines is 1. The molecule has 0 radical (unpaired) electrons. The summed E-state index contributed by atoms with van der Waals surface area (Å²) < 4.78 is 48.6. The highest BCUT2D eigenvalue weighted by Gasteiger charge is 2.16. The summed E-state index contributed by atoms with van der Waals surface area (Å²) in [5.74, 6) is 0.104. The van der Waals surface area contributed by atoms with Crippen LogP contribution in [0.5, 0.6) is 23.0 Å². The monoisotopic (exact) mass is 512 g/mol. The van der Waals surface area contributed by atoms with Gasteiger partial charge in [0.2, 0.25) is 0 Å². The molecule has 0 fully saturated rings. The van der Waals surface area contributed by atoms with Gasteiger partial charge in [0.25, 0.3) is 5.91 Å². The molecule has 0 bridgehead atoms. The van der Waals surface area contributed by atoms with E-state index in [1.165, 1.54) is 37.7 Å². The Morgan fingerprint density at radius 3 is 2.44 bits per heavy atom. The second kappa shape index (κ2) is 11.0. The van der Waals surface area contributed by atoms with Crippen molar-refractivity contribution < 1.29 is 32.5 Å². The maximum atomic E-state index is 13.9. The number of methoxy groups -OCH3 is 3. The standard InChI is InChI=1S/C26H22F2N2O5S/c1-32-18-7-8-20(23(12-18)33-2)29-25(31)21-14-36-26(30-21)15-5-9-22(24(10-15)34-3)35-13-16-4-6-17(27)11-19(16)28/h4-12,14H,13H2,1-3H3,(H,29,31). The van der Waals surface area contributed by atoms with Gasteiger partial charge in [-0.2, -0.15) is 0 Å². The van der Waals surface area contributed by atoms with E-state index < -0.39 is 17.5 Å². The number of hydrogen-bond donors (Lipinski definition) is 1. The number of ether oxygens (including phenoxy) is 4. The average molecular weight is 513 g/mol. The third kappa shape index (κ3) is 5.55. The van der Waals surface area contributed by atoms with Crippen molar-refractivity contribution >= 4 is 22.9 Å². The molecule has 3 aromatic carbocycles. The van der Waals surface area contributed by atoms with E-state index >= 15 is 0 Å². The van der Waals surface area contributed by atoms with Gasteiger partial charge in [0, 0.05) is 28.6 Å². The first-order chi connectivity index (χ1) is 17.4. The molecular formula is C26H22F2N2O5S. The van der Waals surface area contributed by atoms with Gasteiger partial charge in [0.1, 0.15) is 40.4 Å². The Morgan fingerprint density at radius 1 is 0.917 bits per heavy atom. The van der Waals surface area contributed by atoms with Gasteiger partial charge in [-0.1, -0.05) is 0 Å². The number of aromatic nitrogens is 1. The minimum Gasteiger partial charge on any atom is -0.497 e. The molecule has 0 spiro atoms. The van der Waals surface area contributed by atoms with Crippen molar-refractivity contribution in [1.82, 2.24) is 4.98 Å². The maximum Gasteiger partial charge on any atom is 0.275 e. The van der Waals surface area contributed by atoms with Crippen LogP contribution in [0.4, 0.5) is 14.5 Å². The molecule has 1 aromatic heterocycles. The smallest absolute Gasteiger partial charge is 0.275 e. The number of amides is 1. The number of rotatable bonds is 9. The van der Waals surface area contributed by atoms with Crippen LogP contribution in [0.25, 0.3) is 10.6 Å². The number of nitrogens with zero attached hydrogens (tertiary/aromatic N) is 1. The molecule has 10 heteroatoms. The Labute approximate surface area is 210 Å². The lowest BCUT2D eigenvalue weighted by molar-refractivity contribution is 0.102. The van der Waals surface area contributed by atoms with Crippen molar-refractivity contribution in [3.8, 4) is 33.6 Å². The molecular weight excluding hydrogens is 490 g/mol. The summed E-state index contributed by atoms with van der Waals surface area (Å²) in [6.45, 7) is -0.0990. The predicted octanol–water partition coefficient (Wildman–Crippen LogP) is 5.95. The largest absolute Gasteiger partial charge is 0.497 e. The third-order valence-corrected chi connectivity index (χ3v) is 6.09. The zero-order valence-corrected chi connectivity index (χ0v) is 20.4. The van der Waals surface area contributed by atoms with Gasteiger partial charge < -0.3 is 24.3 Å². The number of hydrogen-bond acceptors (Lipinski definition) is 7. The summed E-state index contributed by atoms with van der Waals surface area (Å²) in [6, 6.07) is 13.5. The summed E-state index contributed by atoms with van der Waals surface area (Å²) in [5, 5.41) is 5.03. The molecule has 0 unspecified atom stereocenters. The zero-order chi connectivity index (χ0) is 25.7. The topological polar surface area (TPSA) is 78.9 Å². The Balaban J connectivity index is 1.48. The summed E-state index contributed by atoms with van der Waals surface area (Å²) in [4.78, 5) is 17.2. The van der Waals surface area contributed by atoms with Crippen LogP contribution < -0.4 is 24.3 Å². The lowest BCUT2D eigenvalue weighted by Gasteiger charge is -2.12. The predicted molar refractivity (Wildman–Crippen MR) is 132 cm³/mol. The van der Waals surface area contributed by atoms with Gasteiger partial charge in [0.15, 0.2) is 11.5 Å². The van der Waals surface area contributed by atoms with Gasteiger partial charge in [-0.05, 0) is 42.5 Å². The van der Waals surface area contributed by atoms with Crippen LogP contribution >= 0.6 is 11.3 Å². The van der Waals surface area contributed by atoms with E-state index in [0.717, 1.165) is 6.07 Å². The van der Waals surface area contributed by atoms with Gasteiger partial charge in [0.05, 0.1) is 27.0 Å².